The van der Waals surface area contributed by atoms with Crippen LogP contribution >= 0.6 is 0 Å². The van der Waals surface area contributed by atoms with Gasteiger partial charge in [-0.3, -0.25) is 57.5 Å². The highest BCUT2D eigenvalue weighted by molar-refractivity contribution is 5.98. The van der Waals surface area contributed by atoms with Gasteiger partial charge in [0.25, 0.3) is 0 Å². The highest BCUT2D eigenvalue weighted by atomic mass is 16.5. The van der Waals surface area contributed by atoms with Crippen molar-refractivity contribution in [2.75, 3.05) is 80.8 Å². The summed E-state index contributed by atoms with van der Waals surface area (Å²) in [7, 11) is 6.91. The predicted molar refractivity (Wildman–Crippen MR) is 564 cm³/mol. The summed E-state index contributed by atoms with van der Waals surface area (Å²) in [6.45, 7) is 10.3. The van der Waals surface area contributed by atoms with E-state index in [0.29, 0.717) is 104 Å². The maximum absolute atomic E-state index is 14.4. The van der Waals surface area contributed by atoms with E-state index in [9.17, 15) is 57.5 Å². The van der Waals surface area contributed by atoms with E-state index >= 15 is 0 Å². The van der Waals surface area contributed by atoms with Crippen molar-refractivity contribution in [3.8, 4) is 23.7 Å². The van der Waals surface area contributed by atoms with Crippen molar-refractivity contribution >= 4 is 70.9 Å². The van der Waals surface area contributed by atoms with Crippen LogP contribution in [0.15, 0.2) is 97.1 Å². The predicted octanol–water partition coefficient (Wildman–Crippen LogP) is 9.39. The van der Waals surface area contributed by atoms with E-state index < -0.39 is 84.6 Å². The Bertz CT molecular complexity index is 5000. The Morgan fingerprint density at radius 3 is 0.743 bits per heavy atom. The van der Waals surface area contributed by atoms with Gasteiger partial charge in [0.15, 0.2) is 0 Å². The summed E-state index contributed by atoms with van der Waals surface area (Å²) in [5.74, 6) is 9.59. The molecule has 12 N–H and O–H groups in total. The summed E-state index contributed by atoms with van der Waals surface area (Å²) in [4.78, 5) is 174. The minimum Gasteiger partial charge on any atom is -0.375 e. The third-order valence-electron chi connectivity index (χ3n) is 34.0. The number of likely N-dealkylation sites (tertiary alicyclic amines) is 4. The van der Waals surface area contributed by atoms with Gasteiger partial charge in [-0.15, -0.1) is 0 Å². The third kappa shape index (κ3) is 28.0. The molecule has 4 aromatic carbocycles. The number of unbranched alkanes of at least 4 members (excludes halogenated alkanes) is 3. The fraction of sp³-hybridized carbons (Fsp3) is 0.655. The number of benzene rings is 4. The standard InChI is InChI=1S/C58H86N8O8.C58H78N8O8/c2*1-37(59-3)53(67)61-49(39-21-9-7-10-22-39)57(71)65-31-19-29-45(65)55(69)63-51-43-27-15-13-25-41(43)35-47(51)73-33-17-5-6-18-34-74-48-36-42-26-14-16-28-44(42)52(48)64-56(70)46-30-20-32-66(46)58(72)50(40-23-11-8-12-24-40)62-54(68)38(2)60-4/h13-16,25-28,37-40,45-52,59-60H,5-12,17-24,29-36H2,1-4H3,(H,61,67)(H,62,68)(H,63,69)(H,64,70);13-16,25-28,37-40,45-52,59-60H,7-12,19-24,29-36H2,1-4H3,(H,61,67)(H,62,68)(H,63,69)(H,64,70). The first kappa shape index (κ1) is 111. The molecule has 16 rings (SSSR count). The van der Waals surface area contributed by atoms with E-state index in [4.69, 9.17) is 18.9 Å². The number of nitrogens with one attached hydrogen (secondary N) is 12. The molecule has 12 aliphatic rings. The van der Waals surface area contributed by atoms with Gasteiger partial charge in [-0.25, -0.2) is 0 Å². The molecule has 4 saturated heterocycles. The molecule has 32 heteroatoms. The fourth-order valence-corrected chi connectivity index (χ4v) is 25.0. The Balaban J connectivity index is 0.000000222. The second-order valence-electron chi connectivity index (χ2n) is 43.4. The maximum atomic E-state index is 14.4. The van der Waals surface area contributed by atoms with Gasteiger partial charge in [-0.1, -0.05) is 199 Å². The summed E-state index contributed by atoms with van der Waals surface area (Å²) < 4.78 is 25.8. The van der Waals surface area contributed by atoms with Crippen LogP contribution in [0, 0.1) is 47.4 Å². The molecular formula is C116H164N16O16. The monoisotopic (exact) mass is 2040 g/mol. The van der Waals surface area contributed by atoms with Gasteiger partial charge in [-0.2, -0.15) is 0 Å². The van der Waals surface area contributed by atoms with Crippen molar-refractivity contribution in [1.29, 1.82) is 0 Å². The smallest absolute Gasteiger partial charge is 0.246 e. The normalized spacial score (nSPS) is 25.4. The van der Waals surface area contributed by atoms with Gasteiger partial charge >= 0.3 is 0 Å². The van der Waals surface area contributed by atoms with Crippen LogP contribution in [0.5, 0.6) is 0 Å². The number of amides is 12. The van der Waals surface area contributed by atoms with Crippen LogP contribution in [0.25, 0.3) is 0 Å². The van der Waals surface area contributed by atoms with Crippen LogP contribution in [0.4, 0.5) is 0 Å². The molecule has 0 aromatic heterocycles. The molecule has 4 aliphatic heterocycles. The lowest BCUT2D eigenvalue weighted by Gasteiger charge is -2.35. The van der Waals surface area contributed by atoms with Crippen molar-refractivity contribution in [2.45, 2.75) is 380 Å². The second kappa shape index (κ2) is 54.9. The first-order valence-corrected chi connectivity index (χ1v) is 56.0. The van der Waals surface area contributed by atoms with Gasteiger partial charge in [-0.05, 0) is 251 Å². The van der Waals surface area contributed by atoms with E-state index in [0.717, 1.165) is 211 Å². The Kier molecular flexibility index (Phi) is 41.3. The number of fused-ring (bicyclic) bond motifs is 4. The third-order valence-corrected chi connectivity index (χ3v) is 34.0. The zero-order valence-corrected chi connectivity index (χ0v) is 88.5. The highest BCUT2D eigenvalue weighted by Gasteiger charge is 2.50. The van der Waals surface area contributed by atoms with Crippen molar-refractivity contribution in [3.05, 3.63) is 142 Å². The minimum atomic E-state index is -0.679. The number of likely N-dealkylation sites (N-methyl/N-ethyl adjacent to an activating group) is 4. The first-order chi connectivity index (χ1) is 71.9. The zero-order valence-electron chi connectivity index (χ0n) is 88.5. The molecule has 32 nitrogen and oxygen atoms in total. The molecule has 0 radical (unpaired) electrons. The van der Waals surface area contributed by atoms with E-state index in [1.807, 2.05) is 72.8 Å². The highest BCUT2D eigenvalue weighted by Crippen LogP contribution is 2.42. The molecular weight excluding hydrogens is 1870 g/mol. The molecule has 4 saturated carbocycles. The topological polar surface area (TPSA) is 399 Å². The molecule has 12 amide bonds. The van der Waals surface area contributed by atoms with Crippen LogP contribution < -0.4 is 63.8 Å². The average Bonchev–Trinajstić information content (AvgIpc) is 1.54. The number of carbonyl (C=O) groups excluding carboxylic acids is 12. The summed E-state index contributed by atoms with van der Waals surface area (Å²) in [6, 6.07) is 23.7. The Labute approximate surface area is 875 Å². The number of nitrogens with zero attached hydrogens (tertiary/aromatic N) is 4. The largest absolute Gasteiger partial charge is 0.375 e. The summed E-state index contributed by atoms with van der Waals surface area (Å²) in [6.07, 6.45) is 29.6. The lowest BCUT2D eigenvalue weighted by Crippen LogP contribution is -2.58. The van der Waals surface area contributed by atoms with Gasteiger partial charge < -0.3 is 102 Å². The number of hydrogen-bond acceptors (Lipinski definition) is 20. The van der Waals surface area contributed by atoms with E-state index in [1.165, 1.54) is 0 Å². The molecule has 4 heterocycles. The number of hydrogen-bond donors (Lipinski definition) is 12. The summed E-state index contributed by atoms with van der Waals surface area (Å²) in [5.41, 5.74) is 8.50. The lowest BCUT2D eigenvalue weighted by atomic mass is 9.83. The molecule has 4 aromatic rings. The van der Waals surface area contributed by atoms with Gasteiger partial charge in [0.2, 0.25) is 70.9 Å². The van der Waals surface area contributed by atoms with Crippen LogP contribution in [0.1, 0.15) is 302 Å². The van der Waals surface area contributed by atoms with Crippen molar-refractivity contribution in [2.24, 2.45) is 23.7 Å². The van der Waals surface area contributed by atoms with E-state index in [2.05, 4.69) is 112 Å². The second-order valence-corrected chi connectivity index (χ2v) is 43.4. The zero-order chi connectivity index (χ0) is 104. The Morgan fingerprint density at radius 2 is 0.514 bits per heavy atom. The van der Waals surface area contributed by atoms with E-state index in [1.54, 1.807) is 75.5 Å². The molecule has 8 aliphatic carbocycles. The van der Waals surface area contributed by atoms with Crippen molar-refractivity contribution in [3.63, 3.8) is 0 Å². The van der Waals surface area contributed by atoms with Crippen molar-refractivity contribution < 1.29 is 76.5 Å². The average molecular weight is 2040 g/mol. The van der Waals surface area contributed by atoms with Gasteiger partial charge in [0.05, 0.1) is 72.8 Å². The molecule has 8 fully saturated rings. The van der Waals surface area contributed by atoms with Crippen molar-refractivity contribution in [1.82, 2.24) is 83.4 Å². The molecule has 804 valence electrons. The Morgan fingerprint density at radius 1 is 0.291 bits per heavy atom. The number of ether oxygens (including phenoxy) is 4. The van der Waals surface area contributed by atoms with E-state index in [-0.39, 0.29) is 144 Å². The molecule has 148 heavy (non-hydrogen) atoms. The SMILES string of the molecule is CNC(C)C(=O)NC(C(=O)N1CCCC1C(=O)NC1c2ccccc2CC1OCC#CC#CCOC1Cc2ccccc2C1NC(=O)C1CCCN1C(=O)C(NC(=O)C(C)NC)C1CCCCC1)C1CCCCC1.CNC(C)C(=O)NC(C(=O)N1CCCC1C(=O)NC1c2ccccc2CC1OCCCCCCOC1Cc2ccccc2C1NC(=O)C1CCCN1C(=O)C(NC(=O)C(C)NC)C1CCCCC1)C1CCCCC1. The van der Waals surface area contributed by atoms with Crippen LogP contribution in [0.3, 0.4) is 0 Å². The molecule has 0 bridgehead atoms. The van der Waals surface area contributed by atoms with Crippen LogP contribution in [-0.4, -0.2) is 268 Å². The summed E-state index contributed by atoms with van der Waals surface area (Å²) in [5, 5.41) is 37.4. The van der Waals surface area contributed by atoms with Crippen LogP contribution in [-0.2, 0) is 102 Å². The quantitative estimate of drug-likeness (QED) is 0.0145. The Hall–Kier alpha value is -10.7. The number of rotatable bonds is 41. The maximum Gasteiger partial charge on any atom is 0.246 e. The molecule has 20 atom stereocenters. The summed E-state index contributed by atoms with van der Waals surface area (Å²) >= 11 is 0. The lowest BCUT2D eigenvalue weighted by molar-refractivity contribution is -0.143. The molecule has 20 unspecified atom stereocenters. The fourth-order valence-electron chi connectivity index (χ4n) is 25.0. The first-order valence-electron chi connectivity index (χ1n) is 56.0. The number of carbonyl (C=O) groups is 12. The van der Waals surface area contributed by atoms with Gasteiger partial charge in [0, 0.05) is 65.1 Å². The minimum absolute atomic E-state index is 0.0261. The van der Waals surface area contributed by atoms with Crippen LogP contribution in [0.2, 0.25) is 0 Å². The molecule has 0 spiro atoms. The van der Waals surface area contributed by atoms with Gasteiger partial charge in [0.1, 0.15) is 61.5 Å².